The number of carbonyl (C=O) groups excluding carboxylic acids is 1. The van der Waals surface area contributed by atoms with Gasteiger partial charge in [0.25, 0.3) is 0 Å². The monoisotopic (exact) mass is 488 g/mol. The lowest BCUT2D eigenvalue weighted by Crippen LogP contribution is -2.50. The highest BCUT2D eigenvalue weighted by Crippen LogP contribution is 2.34. The van der Waals surface area contributed by atoms with Gasteiger partial charge in [-0.15, -0.1) is 24.0 Å². The van der Waals surface area contributed by atoms with Crippen LogP contribution in [0.2, 0.25) is 0 Å². The van der Waals surface area contributed by atoms with Crippen LogP contribution in [0, 0.1) is 5.92 Å². The van der Waals surface area contributed by atoms with Crippen molar-refractivity contribution in [3.63, 3.8) is 0 Å². The van der Waals surface area contributed by atoms with Gasteiger partial charge in [-0.1, -0.05) is 43.7 Å². The normalized spacial score (nSPS) is 20.0. The van der Waals surface area contributed by atoms with Gasteiger partial charge in [-0.05, 0) is 23.8 Å². The molecule has 0 radical (unpaired) electrons. The Morgan fingerprint density at radius 1 is 1.30 bits per heavy atom. The molecule has 0 aliphatic carbocycles. The summed E-state index contributed by atoms with van der Waals surface area (Å²) in [6.45, 7) is 5.43. The molecule has 2 atom stereocenters. The molecule has 1 fully saturated rings. The van der Waals surface area contributed by atoms with Crippen molar-refractivity contribution in [3.8, 4) is 0 Å². The lowest BCUT2D eigenvalue weighted by Gasteiger charge is -2.40. The predicted octanol–water partition coefficient (Wildman–Crippen LogP) is 2.46. The van der Waals surface area contributed by atoms with Crippen molar-refractivity contribution in [3.05, 3.63) is 35.9 Å². The maximum absolute atomic E-state index is 11.9. The molecule has 1 aromatic rings. The van der Waals surface area contributed by atoms with Crippen LogP contribution in [-0.2, 0) is 9.53 Å². The molecule has 2 rings (SSSR count). The minimum Gasteiger partial charge on any atom is -0.383 e. The Hall–Kier alpha value is -1.35. The SMILES string of the molecule is CCC1CN(C(=NC)NCC(=O)NCCOC)CCC1c1ccccc1.I. The van der Waals surface area contributed by atoms with E-state index >= 15 is 0 Å². The van der Waals surface area contributed by atoms with Crippen molar-refractivity contribution < 1.29 is 9.53 Å². The molecule has 0 spiro atoms. The van der Waals surface area contributed by atoms with Crippen molar-refractivity contribution in [1.29, 1.82) is 0 Å². The standard InChI is InChI=1S/C20H32N4O2.HI/c1-4-16-15-24(12-10-18(16)17-8-6-5-7-9-17)20(21-2)23-14-19(25)22-11-13-26-3;/h5-9,16,18H,4,10-15H2,1-3H3,(H,21,23)(H,22,25);1H. The first-order valence-corrected chi connectivity index (χ1v) is 9.45. The number of benzene rings is 1. The van der Waals surface area contributed by atoms with Crippen molar-refractivity contribution in [2.24, 2.45) is 10.9 Å². The second-order valence-corrected chi connectivity index (χ2v) is 6.66. The van der Waals surface area contributed by atoms with E-state index in [-0.39, 0.29) is 36.4 Å². The number of ether oxygens (including phenoxy) is 1. The van der Waals surface area contributed by atoms with E-state index in [9.17, 15) is 4.79 Å². The number of amides is 1. The molecule has 7 heteroatoms. The van der Waals surface area contributed by atoms with Crippen LogP contribution in [0.1, 0.15) is 31.2 Å². The maximum atomic E-state index is 11.9. The molecule has 2 unspecified atom stereocenters. The van der Waals surface area contributed by atoms with Crippen LogP contribution in [0.25, 0.3) is 0 Å². The van der Waals surface area contributed by atoms with Crippen LogP contribution in [0.5, 0.6) is 0 Å². The highest BCUT2D eigenvalue weighted by atomic mass is 127. The number of guanidine groups is 1. The van der Waals surface area contributed by atoms with E-state index in [0.29, 0.717) is 25.0 Å². The van der Waals surface area contributed by atoms with E-state index in [1.54, 1.807) is 14.2 Å². The molecule has 152 valence electrons. The molecule has 1 amide bonds. The fourth-order valence-electron chi connectivity index (χ4n) is 3.62. The lowest BCUT2D eigenvalue weighted by molar-refractivity contribution is -0.120. The molecule has 0 aromatic heterocycles. The lowest BCUT2D eigenvalue weighted by atomic mass is 9.79. The van der Waals surface area contributed by atoms with Gasteiger partial charge >= 0.3 is 0 Å². The summed E-state index contributed by atoms with van der Waals surface area (Å²) in [6.07, 6.45) is 2.23. The number of nitrogens with zero attached hydrogens (tertiary/aromatic N) is 2. The van der Waals surface area contributed by atoms with Gasteiger partial charge < -0.3 is 20.3 Å². The molecule has 1 saturated heterocycles. The minimum atomic E-state index is -0.0468. The zero-order valence-electron chi connectivity index (χ0n) is 16.6. The number of aliphatic imine (C=N–C) groups is 1. The summed E-state index contributed by atoms with van der Waals surface area (Å²) < 4.78 is 4.94. The fourth-order valence-corrected chi connectivity index (χ4v) is 3.62. The molecule has 1 aromatic carbocycles. The summed E-state index contributed by atoms with van der Waals surface area (Å²) >= 11 is 0. The average Bonchev–Trinajstić information content (AvgIpc) is 2.69. The van der Waals surface area contributed by atoms with E-state index in [1.807, 2.05) is 0 Å². The first-order valence-electron chi connectivity index (χ1n) is 9.45. The number of hydrogen-bond donors (Lipinski definition) is 2. The first-order chi connectivity index (χ1) is 12.7. The Morgan fingerprint density at radius 3 is 2.67 bits per heavy atom. The Bertz CT molecular complexity index is 583. The molecule has 27 heavy (non-hydrogen) atoms. The second kappa shape index (κ2) is 12.9. The van der Waals surface area contributed by atoms with Gasteiger partial charge in [0.2, 0.25) is 5.91 Å². The summed E-state index contributed by atoms with van der Waals surface area (Å²) in [7, 11) is 3.39. The van der Waals surface area contributed by atoms with Gasteiger partial charge in [-0.3, -0.25) is 9.79 Å². The minimum absolute atomic E-state index is 0. The van der Waals surface area contributed by atoms with Crippen LogP contribution in [-0.4, -0.2) is 63.7 Å². The quantitative estimate of drug-likeness (QED) is 0.268. The zero-order valence-corrected chi connectivity index (χ0v) is 18.9. The van der Waals surface area contributed by atoms with Gasteiger partial charge in [0.15, 0.2) is 5.96 Å². The molecule has 1 aliphatic rings. The zero-order chi connectivity index (χ0) is 18.8. The Labute approximate surface area is 180 Å². The Morgan fingerprint density at radius 2 is 2.04 bits per heavy atom. The predicted molar refractivity (Wildman–Crippen MR) is 121 cm³/mol. The Balaban J connectivity index is 0.00000364. The van der Waals surface area contributed by atoms with Gasteiger partial charge in [0, 0.05) is 33.8 Å². The highest BCUT2D eigenvalue weighted by molar-refractivity contribution is 14.0. The van der Waals surface area contributed by atoms with Gasteiger partial charge in [-0.25, -0.2) is 0 Å². The van der Waals surface area contributed by atoms with Gasteiger partial charge in [-0.2, -0.15) is 0 Å². The van der Waals surface area contributed by atoms with Crippen molar-refractivity contribution >= 4 is 35.8 Å². The first kappa shape index (κ1) is 23.7. The molecule has 1 heterocycles. The van der Waals surface area contributed by atoms with E-state index in [0.717, 1.165) is 31.9 Å². The number of nitrogens with one attached hydrogen (secondary N) is 2. The third-order valence-electron chi connectivity index (χ3n) is 5.03. The molecule has 1 aliphatic heterocycles. The summed E-state index contributed by atoms with van der Waals surface area (Å²) in [5, 5.41) is 6.00. The van der Waals surface area contributed by atoms with E-state index in [4.69, 9.17) is 4.74 Å². The molecular weight excluding hydrogens is 455 g/mol. The van der Waals surface area contributed by atoms with Gasteiger partial charge in [0.1, 0.15) is 0 Å². The van der Waals surface area contributed by atoms with Gasteiger partial charge in [0.05, 0.1) is 13.2 Å². The fraction of sp³-hybridized carbons (Fsp3) is 0.600. The number of carbonyl (C=O) groups is 1. The number of piperidine rings is 1. The van der Waals surface area contributed by atoms with E-state index in [2.05, 4.69) is 57.8 Å². The molecule has 2 N–H and O–H groups in total. The number of halogens is 1. The van der Waals surface area contributed by atoms with Crippen LogP contribution >= 0.6 is 24.0 Å². The third-order valence-corrected chi connectivity index (χ3v) is 5.03. The second-order valence-electron chi connectivity index (χ2n) is 6.66. The van der Waals surface area contributed by atoms with E-state index < -0.39 is 0 Å². The maximum Gasteiger partial charge on any atom is 0.239 e. The topological polar surface area (TPSA) is 66.0 Å². The van der Waals surface area contributed by atoms with Crippen LogP contribution in [0.4, 0.5) is 0 Å². The number of methoxy groups -OCH3 is 1. The molecule has 0 saturated carbocycles. The number of hydrogen-bond acceptors (Lipinski definition) is 3. The summed E-state index contributed by atoms with van der Waals surface area (Å²) in [6, 6.07) is 10.8. The summed E-state index contributed by atoms with van der Waals surface area (Å²) in [4.78, 5) is 18.5. The summed E-state index contributed by atoms with van der Waals surface area (Å²) in [5.41, 5.74) is 1.43. The van der Waals surface area contributed by atoms with Crippen LogP contribution in [0.3, 0.4) is 0 Å². The van der Waals surface area contributed by atoms with Crippen molar-refractivity contribution in [2.45, 2.75) is 25.7 Å². The van der Waals surface area contributed by atoms with Crippen molar-refractivity contribution in [2.75, 3.05) is 46.9 Å². The van der Waals surface area contributed by atoms with Crippen LogP contribution in [0.15, 0.2) is 35.3 Å². The molecule has 6 nitrogen and oxygen atoms in total. The smallest absolute Gasteiger partial charge is 0.239 e. The van der Waals surface area contributed by atoms with Crippen molar-refractivity contribution in [1.82, 2.24) is 15.5 Å². The number of likely N-dealkylation sites (tertiary alicyclic amines) is 1. The van der Waals surface area contributed by atoms with Crippen LogP contribution < -0.4 is 10.6 Å². The van der Waals surface area contributed by atoms with E-state index in [1.165, 1.54) is 5.56 Å². The molecular formula is C20H33IN4O2. The number of rotatable bonds is 7. The average molecular weight is 488 g/mol. The third kappa shape index (κ3) is 7.29. The Kier molecular flexibility index (Phi) is 11.3. The highest BCUT2D eigenvalue weighted by Gasteiger charge is 2.30. The largest absolute Gasteiger partial charge is 0.383 e. The summed E-state index contributed by atoms with van der Waals surface area (Å²) in [5.74, 6) is 1.93. The molecule has 0 bridgehead atoms.